The monoisotopic (exact) mass is 277 g/mol. The van der Waals surface area contributed by atoms with Gasteiger partial charge >= 0.3 is 0 Å². The minimum atomic E-state index is -2.94. The molecule has 0 amide bonds. The number of aliphatic hydroxyl groups is 1. The van der Waals surface area contributed by atoms with E-state index >= 15 is 0 Å². The Hall–Kier alpha value is -0.0400. The zero-order valence-corrected chi connectivity index (χ0v) is 12.6. The molecule has 0 aliphatic rings. The lowest BCUT2D eigenvalue weighted by atomic mass is 10.0. The van der Waals surface area contributed by atoms with Gasteiger partial charge in [-0.05, 0) is 6.42 Å². The van der Waals surface area contributed by atoms with Crippen LogP contribution in [-0.4, -0.2) is 11.7 Å². The first-order valence-corrected chi connectivity index (χ1v) is 8.17. The van der Waals surface area contributed by atoms with Crippen molar-refractivity contribution in [3.8, 4) is 0 Å². The van der Waals surface area contributed by atoms with E-state index in [-0.39, 0.29) is 6.42 Å². The third-order valence-corrected chi connectivity index (χ3v) is 3.55. The molecule has 19 heavy (non-hydrogen) atoms. The van der Waals surface area contributed by atoms with Crippen LogP contribution in [0.15, 0.2) is 0 Å². The van der Waals surface area contributed by atoms with E-state index in [1.165, 1.54) is 44.9 Å². The molecule has 0 spiro atoms. The van der Waals surface area contributed by atoms with Crippen LogP contribution in [-0.2, 0) is 0 Å². The average molecular weight is 278 g/mol. The van der Waals surface area contributed by atoms with Gasteiger partial charge in [0.15, 0.2) is 0 Å². The van der Waals surface area contributed by atoms with Crippen molar-refractivity contribution in [3.63, 3.8) is 0 Å². The van der Waals surface area contributed by atoms with Gasteiger partial charge in [-0.1, -0.05) is 103 Å². The molecule has 0 saturated carbocycles. The summed E-state index contributed by atoms with van der Waals surface area (Å²) in [4.78, 5) is 0. The van der Waals surface area contributed by atoms with E-state index in [1.807, 2.05) is 0 Å². The van der Waals surface area contributed by atoms with E-state index < -0.39 is 19.6 Å². The second kappa shape index (κ2) is 18.0. The summed E-state index contributed by atoms with van der Waals surface area (Å²) in [7, 11) is 0. The Labute approximate surface area is 132 Å². The van der Waals surface area contributed by atoms with Crippen molar-refractivity contribution >= 4 is 0 Å². The maximum Gasteiger partial charge on any atom is 0.0431 e. The Kier molecular flexibility index (Phi) is 9.28. The van der Waals surface area contributed by atoms with E-state index in [0.29, 0.717) is 13.0 Å². The van der Waals surface area contributed by atoms with E-state index in [4.69, 9.17) is 14.7 Å². The lowest BCUT2D eigenvalue weighted by Crippen LogP contribution is -1.85. The number of hydrogen-bond acceptors (Lipinski definition) is 1. The fourth-order valence-corrected chi connectivity index (χ4v) is 2.33. The second-order valence-electron chi connectivity index (χ2n) is 5.37. The molecule has 0 unspecified atom stereocenters. The van der Waals surface area contributed by atoms with Gasteiger partial charge in [0, 0.05) is 16.2 Å². The Morgan fingerprint density at radius 2 is 1.00 bits per heavy atom. The molecule has 0 rings (SSSR count). The number of unbranched alkanes of at least 4 members (excludes halogenated alkanes) is 12. The maximum atomic E-state index is 8.69. The van der Waals surface area contributed by atoms with E-state index in [0.717, 1.165) is 32.1 Å². The highest BCUT2D eigenvalue weighted by molar-refractivity contribution is 4.49. The summed E-state index contributed by atoms with van der Waals surface area (Å²) in [5.41, 5.74) is 0. The summed E-state index contributed by atoms with van der Waals surface area (Å²) in [6.45, 7) is -2.63. The predicted molar refractivity (Wildman–Crippen MR) is 86.6 cm³/mol. The molecule has 0 aliphatic carbocycles. The second-order valence-corrected chi connectivity index (χ2v) is 5.37. The van der Waals surface area contributed by atoms with Crippen LogP contribution in [0.25, 0.3) is 0 Å². The molecule has 0 aromatic rings. The summed E-state index contributed by atoms with van der Waals surface area (Å²) in [6, 6.07) is 0. The SMILES string of the molecule is [2H]C([2H])([2H])C([2H])([2H])C([2H])([2H])CCCCCCCCCCCCCCCO. The van der Waals surface area contributed by atoms with Gasteiger partial charge in [-0.3, -0.25) is 0 Å². The van der Waals surface area contributed by atoms with Crippen LogP contribution in [0.5, 0.6) is 0 Å². The third kappa shape index (κ3) is 18.0. The van der Waals surface area contributed by atoms with Gasteiger partial charge < -0.3 is 5.11 Å². The minimum Gasteiger partial charge on any atom is -0.396 e. The molecule has 0 radical (unpaired) electrons. The van der Waals surface area contributed by atoms with Crippen molar-refractivity contribution in [2.45, 2.75) is 109 Å². The van der Waals surface area contributed by atoms with E-state index in [9.17, 15) is 0 Å². The Balaban J connectivity index is 3.56. The molecule has 0 aromatic heterocycles. The third-order valence-electron chi connectivity index (χ3n) is 3.55. The molecule has 0 saturated heterocycles. The molecule has 0 atom stereocenters. The van der Waals surface area contributed by atoms with E-state index in [1.54, 1.807) is 0 Å². The van der Waals surface area contributed by atoms with Crippen LogP contribution in [0.1, 0.15) is 119 Å². The summed E-state index contributed by atoms with van der Waals surface area (Å²) in [5, 5.41) is 8.69. The molecular formula is C18H38O. The number of aliphatic hydroxyl groups excluding tert-OH is 1. The van der Waals surface area contributed by atoms with Crippen LogP contribution in [0, 0.1) is 0 Å². The van der Waals surface area contributed by atoms with Crippen LogP contribution in [0.2, 0.25) is 0 Å². The van der Waals surface area contributed by atoms with E-state index in [2.05, 4.69) is 0 Å². The summed E-state index contributed by atoms with van der Waals surface area (Å²) >= 11 is 0. The molecule has 0 fully saturated rings. The van der Waals surface area contributed by atoms with Crippen molar-refractivity contribution in [2.24, 2.45) is 0 Å². The first kappa shape index (κ1) is 9.82. The van der Waals surface area contributed by atoms with Crippen LogP contribution in [0.4, 0.5) is 0 Å². The molecule has 0 aliphatic heterocycles. The van der Waals surface area contributed by atoms with Crippen molar-refractivity contribution in [2.75, 3.05) is 6.61 Å². The first-order valence-electron chi connectivity index (χ1n) is 11.7. The summed E-state index contributed by atoms with van der Waals surface area (Å²) in [6.07, 6.45) is 8.97. The molecule has 0 heterocycles. The van der Waals surface area contributed by atoms with Crippen LogP contribution >= 0.6 is 0 Å². The van der Waals surface area contributed by atoms with Gasteiger partial charge in [-0.25, -0.2) is 0 Å². The molecule has 1 N–H and O–H groups in total. The Bertz CT molecular complexity index is 343. The van der Waals surface area contributed by atoms with Gasteiger partial charge in [-0.15, -0.1) is 0 Å². The quantitative estimate of drug-likeness (QED) is 0.331. The van der Waals surface area contributed by atoms with Gasteiger partial charge in [-0.2, -0.15) is 0 Å². The molecule has 1 nitrogen and oxygen atoms in total. The van der Waals surface area contributed by atoms with Crippen molar-refractivity contribution in [1.29, 1.82) is 0 Å². The summed E-state index contributed by atoms with van der Waals surface area (Å²) in [5.74, 6) is 0. The molecular weight excluding hydrogens is 232 g/mol. The van der Waals surface area contributed by atoms with Crippen molar-refractivity contribution < 1.29 is 14.7 Å². The zero-order chi connectivity index (χ0) is 20.1. The standard InChI is InChI=1S/C18H38O/c1-2-3-4-5-6-7-8-9-10-11-12-13-14-15-16-17-18-19/h19H,2-18H2,1H3/i1D3,2D2,3D2. The van der Waals surface area contributed by atoms with Crippen LogP contribution in [0.3, 0.4) is 0 Å². The highest BCUT2D eigenvalue weighted by Gasteiger charge is 1.94. The first-order chi connectivity index (χ1) is 12.1. The van der Waals surface area contributed by atoms with Crippen LogP contribution < -0.4 is 0 Å². The molecule has 116 valence electrons. The van der Waals surface area contributed by atoms with Crippen molar-refractivity contribution in [3.05, 3.63) is 0 Å². The number of rotatable bonds is 16. The van der Waals surface area contributed by atoms with Gasteiger partial charge in [0.2, 0.25) is 0 Å². The highest BCUT2D eigenvalue weighted by atomic mass is 16.2. The normalized spacial score (nSPS) is 18.7. The summed E-state index contributed by atoms with van der Waals surface area (Å²) < 4.78 is 52.2. The highest BCUT2D eigenvalue weighted by Crippen LogP contribution is 2.13. The fraction of sp³-hybridized carbons (Fsp3) is 1.00. The largest absolute Gasteiger partial charge is 0.396 e. The number of hydrogen-bond donors (Lipinski definition) is 1. The Morgan fingerprint density at radius 3 is 1.37 bits per heavy atom. The molecule has 0 aromatic carbocycles. The van der Waals surface area contributed by atoms with Gasteiger partial charge in [0.05, 0.1) is 0 Å². The molecule has 0 bridgehead atoms. The maximum absolute atomic E-state index is 8.69. The van der Waals surface area contributed by atoms with Gasteiger partial charge in [0.25, 0.3) is 0 Å². The lowest BCUT2D eigenvalue weighted by Gasteiger charge is -2.03. The average Bonchev–Trinajstić information content (AvgIpc) is 2.54. The van der Waals surface area contributed by atoms with Crippen molar-refractivity contribution in [1.82, 2.24) is 0 Å². The predicted octanol–water partition coefficient (Wildman–Crippen LogP) is 6.24. The molecule has 1 heteroatoms. The smallest absolute Gasteiger partial charge is 0.0431 e. The zero-order valence-electron chi connectivity index (χ0n) is 19.6. The minimum absolute atomic E-state index is 0.0470. The topological polar surface area (TPSA) is 20.2 Å². The Morgan fingerprint density at radius 1 is 0.632 bits per heavy atom. The van der Waals surface area contributed by atoms with Gasteiger partial charge in [0.1, 0.15) is 0 Å². The lowest BCUT2D eigenvalue weighted by molar-refractivity contribution is 0.282. The fourth-order valence-electron chi connectivity index (χ4n) is 2.33.